The second-order valence-corrected chi connectivity index (χ2v) is 8.04. The van der Waals surface area contributed by atoms with E-state index in [0.717, 1.165) is 41.9 Å². The Hall–Kier alpha value is -3.66. The maximum absolute atomic E-state index is 13.4. The number of amides is 2. The maximum atomic E-state index is 13.4. The Morgan fingerprint density at radius 1 is 1.26 bits per heavy atom. The van der Waals surface area contributed by atoms with Crippen LogP contribution in [0.2, 0.25) is 0 Å². The van der Waals surface area contributed by atoms with E-state index < -0.39 is 0 Å². The summed E-state index contributed by atoms with van der Waals surface area (Å²) in [5.74, 6) is 1.23. The van der Waals surface area contributed by atoms with Crippen molar-refractivity contribution >= 4 is 23.4 Å². The second kappa shape index (κ2) is 8.60. The summed E-state index contributed by atoms with van der Waals surface area (Å²) >= 11 is 0. The normalized spacial score (nSPS) is 18.3. The van der Waals surface area contributed by atoms with Crippen molar-refractivity contribution in [2.45, 2.75) is 46.1 Å². The third-order valence-corrected chi connectivity index (χ3v) is 5.80. The van der Waals surface area contributed by atoms with Gasteiger partial charge in [-0.25, -0.2) is 14.8 Å². The average Bonchev–Trinajstić information content (AvgIpc) is 3.07. The van der Waals surface area contributed by atoms with Crippen LogP contribution in [0, 0.1) is 11.3 Å². The van der Waals surface area contributed by atoms with Gasteiger partial charge in [0.1, 0.15) is 5.84 Å². The molecule has 0 fully saturated rings. The van der Waals surface area contributed by atoms with E-state index in [1.807, 2.05) is 51.1 Å². The zero-order valence-corrected chi connectivity index (χ0v) is 18.1. The molecule has 0 radical (unpaired) electrons. The minimum absolute atomic E-state index is 0.0352. The van der Waals surface area contributed by atoms with Crippen LogP contribution < -0.4 is 15.5 Å². The number of nitrogens with one attached hydrogen (secondary N) is 2. The number of hydrogen-bond acceptors (Lipinski definition) is 5. The molecule has 31 heavy (non-hydrogen) atoms. The number of pyridine rings is 1. The number of nitriles is 1. The largest absolute Gasteiger partial charge is 0.382 e. The summed E-state index contributed by atoms with van der Waals surface area (Å²) in [4.78, 5) is 24.4. The number of aromatic nitrogens is 1. The van der Waals surface area contributed by atoms with Crippen LogP contribution in [0.3, 0.4) is 0 Å². The van der Waals surface area contributed by atoms with Gasteiger partial charge in [0.05, 0.1) is 23.0 Å². The van der Waals surface area contributed by atoms with Crippen molar-refractivity contribution < 1.29 is 4.79 Å². The predicted molar refractivity (Wildman–Crippen MR) is 123 cm³/mol. The van der Waals surface area contributed by atoms with Crippen LogP contribution in [0.1, 0.15) is 45.6 Å². The first kappa shape index (κ1) is 20.6. The van der Waals surface area contributed by atoms with Gasteiger partial charge in [-0.2, -0.15) is 5.26 Å². The molecule has 7 nitrogen and oxygen atoms in total. The first-order valence-electron chi connectivity index (χ1n) is 10.6. The van der Waals surface area contributed by atoms with E-state index >= 15 is 0 Å². The van der Waals surface area contributed by atoms with E-state index in [-0.39, 0.29) is 12.1 Å². The molecular weight excluding hydrogens is 388 g/mol. The summed E-state index contributed by atoms with van der Waals surface area (Å²) in [6.07, 6.45) is 2.45. The van der Waals surface area contributed by atoms with Crippen molar-refractivity contribution in [3.8, 4) is 17.3 Å². The number of carbonyl (C=O) groups is 1. The van der Waals surface area contributed by atoms with Crippen molar-refractivity contribution in [3.05, 3.63) is 53.2 Å². The minimum Gasteiger partial charge on any atom is -0.382 e. The third-order valence-electron chi connectivity index (χ3n) is 5.80. The number of amidine groups is 1. The third kappa shape index (κ3) is 4.15. The summed E-state index contributed by atoms with van der Waals surface area (Å²) in [6.45, 7) is 6.83. The Bertz CT molecular complexity index is 1130. The fourth-order valence-corrected chi connectivity index (χ4v) is 3.95. The number of benzene rings is 1. The van der Waals surface area contributed by atoms with E-state index in [0.29, 0.717) is 29.3 Å². The van der Waals surface area contributed by atoms with Gasteiger partial charge in [0.15, 0.2) is 5.82 Å². The highest BCUT2D eigenvalue weighted by Gasteiger charge is 2.29. The molecule has 0 bridgehead atoms. The molecule has 1 aromatic carbocycles. The molecule has 2 aliphatic heterocycles. The molecule has 0 saturated carbocycles. The summed E-state index contributed by atoms with van der Waals surface area (Å²) in [5.41, 5.74) is 4.88. The quantitative estimate of drug-likeness (QED) is 0.699. The first-order valence-corrected chi connectivity index (χ1v) is 10.6. The van der Waals surface area contributed by atoms with E-state index in [2.05, 4.69) is 21.7 Å². The zero-order chi connectivity index (χ0) is 22.0. The summed E-state index contributed by atoms with van der Waals surface area (Å²) in [5, 5.41) is 15.9. The monoisotopic (exact) mass is 414 g/mol. The molecule has 2 aliphatic rings. The van der Waals surface area contributed by atoms with Crippen LogP contribution in [0.15, 0.2) is 52.7 Å². The summed E-state index contributed by atoms with van der Waals surface area (Å²) < 4.78 is 0. The Morgan fingerprint density at radius 3 is 2.81 bits per heavy atom. The second-order valence-electron chi connectivity index (χ2n) is 8.04. The van der Waals surface area contributed by atoms with Crippen LogP contribution in [0.4, 0.5) is 16.3 Å². The SMILES string of the molecule is CC1=C(C)N=C(NC(=O)N2c3nc(-c4ccccc4C#N)ccc3NCCC[C@H]2C)C1. The molecule has 0 unspecified atom stereocenters. The summed E-state index contributed by atoms with van der Waals surface area (Å²) in [6, 6.07) is 13.1. The van der Waals surface area contributed by atoms with Crippen LogP contribution >= 0.6 is 0 Å². The topological polar surface area (TPSA) is 93.4 Å². The van der Waals surface area contributed by atoms with Crippen molar-refractivity contribution in [2.24, 2.45) is 4.99 Å². The molecule has 0 saturated heterocycles. The van der Waals surface area contributed by atoms with Gasteiger partial charge in [-0.05, 0) is 57.4 Å². The van der Waals surface area contributed by atoms with E-state index in [9.17, 15) is 10.1 Å². The maximum Gasteiger partial charge on any atom is 0.328 e. The van der Waals surface area contributed by atoms with Crippen LogP contribution in [0.5, 0.6) is 0 Å². The molecule has 4 rings (SSSR count). The molecule has 3 heterocycles. The standard InChI is InChI=1S/C24H26N6O/c1-15-13-22(27-17(15)3)29-24(31)30-16(2)7-6-12-26-21-11-10-20(28-23(21)30)19-9-5-4-8-18(19)14-25/h4-5,8-11,16,26H,6-7,12-13H2,1-3H3,(H,27,29,31)/t16-/m1/s1. The number of nitrogens with zero attached hydrogens (tertiary/aromatic N) is 4. The Balaban J connectivity index is 1.73. The van der Waals surface area contributed by atoms with Gasteiger partial charge in [0.2, 0.25) is 0 Å². The van der Waals surface area contributed by atoms with Crippen LogP contribution in [0.25, 0.3) is 11.3 Å². The van der Waals surface area contributed by atoms with Crippen LogP contribution in [-0.4, -0.2) is 29.4 Å². The number of aliphatic imine (C=N–C) groups is 1. The van der Waals surface area contributed by atoms with Gasteiger partial charge < -0.3 is 5.32 Å². The van der Waals surface area contributed by atoms with Gasteiger partial charge in [0, 0.05) is 30.3 Å². The van der Waals surface area contributed by atoms with E-state index in [4.69, 9.17) is 4.98 Å². The molecule has 0 spiro atoms. The molecule has 2 amide bonds. The van der Waals surface area contributed by atoms with Crippen LogP contribution in [-0.2, 0) is 0 Å². The van der Waals surface area contributed by atoms with Gasteiger partial charge >= 0.3 is 6.03 Å². The lowest BCUT2D eigenvalue weighted by Gasteiger charge is -2.32. The highest BCUT2D eigenvalue weighted by molar-refractivity contribution is 6.07. The highest BCUT2D eigenvalue weighted by Crippen LogP contribution is 2.33. The van der Waals surface area contributed by atoms with Gasteiger partial charge in [0.25, 0.3) is 0 Å². The smallest absolute Gasteiger partial charge is 0.328 e. The lowest BCUT2D eigenvalue weighted by Crippen LogP contribution is -2.48. The van der Waals surface area contributed by atoms with Gasteiger partial charge in [-0.1, -0.05) is 18.2 Å². The lowest BCUT2D eigenvalue weighted by atomic mass is 10.0. The minimum atomic E-state index is -0.239. The molecular formula is C24H26N6O. The molecule has 0 aliphatic carbocycles. The Morgan fingerprint density at radius 2 is 2.06 bits per heavy atom. The number of anilines is 2. The molecule has 1 atom stereocenters. The van der Waals surface area contributed by atoms with Crippen molar-refractivity contribution in [3.63, 3.8) is 0 Å². The average molecular weight is 415 g/mol. The fourth-order valence-electron chi connectivity index (χ4n) is 3.95. The number of urea groups is 1. The number of fused-ring (bicyclic) bond motifs is 1. The zero-order valence-electron chi connectivity index (χ0n) is 18.1. The fraction of sp³-hybridized carbons (Fsp3) is 0.333. The van der Waals surface area contributed by atoms with Gasteiger partial charge in [-0.15, -0.1) is 0 Å². The first-order chi connectivity index (χ1) is 15.0. The Labute approximate surface area is 182 Å². The van der Waals surface area contributed by atoms with Gasteiger partial charge in [-0.3, -0.25) is 10.2 Å². The number of rotatable bonds is 1. The highest BCUT2D eigenvalue weighted by atomic mass is 16.2. The summed E-state index contributed by atoms with van der Waals surface area (Å²) in [7, 11) is 0. The Kier molecular flexibility index (Phi) is 5.72. The van der Waals surface area contributed by atoms with Crippen molar-refractivity contribution in [1.82, 2.24) is 10.3 Å². The molecule has 7 heteroatoms. The number of carbonyl (C=O) groups excluding carboxylic acids is 1. The molecule has 2 N–H and O–H groups in total. The number of hydrogen-bond donors (Lipinski definition) is 2. The molecule has 2 aromatic rings. The van der Waals surface area contributed by atoms with Crippen molar-refractivity contribution in [2.75, 3.05) is 16.8 Å². The van der Waals surface area contributed by atoms with E-state index in [1.165, 1.54) is 0 Å². The van der Waals surface area contributed by atoms with Crippen molar-refractivity contribution in [1.29, 1.82) is 5.26 Å². The lowest BCUT2D eigenvalue weighted by molar-refractivity contribution is 0.248. The van der Waals surface area contributed by atoms with E-state index in [1.54, 1.807) is 11.0 Å². The molecule has 1 aromatic heterocycles. The number of allylic oxidation sites excluding steroid dienone is 1. The molecule has 158 valence electrons. The predicted octanol–water partition coefficient (Wildman–Crippen LogP) is 4.83.